The van der Waals surface area contributed by atoms with Gasteiger partial charge in [0.2, 0.25) is 0 Å². The van der Waals surface area contributed by atoms with Gasteiger partial charge in [-0.2, -0.15) is 0 Å². The van der Waals surface area contributed by atoms with Crippen molar-refractivity contribution in [2.75, 3.05) is 0 Å². The zero-order valence-corrected chi connectivity index (χ0v) is 11.1. The van der Waals surface area contributed by atoms with E-state index in [4.69, 9.17) is 0 Å². The predicted molar refractivity (Wildman–Crippen MR) is 80.9 cm³/mol. The highest BCUT2D eigenvalue weighted by atomic mass is 32.1. The van der Waals surface area contributed by atoms with E-state index in [-0.39, 0.29) is 0 Å². The largest absolute Gasteiger partial charge is 0.298 e. The van der Waals surface area contributed by atoms with Gasteiger partial charge in [-0.15, -0.1) is 11.3 Å². The number of rotatable bonds is 4. The summed E-state index contributed by atoms with van der Waals surface area (Å²) in [6.45, 7) is 0. The molecule has 1 aromatic heterocycles. The van der Waals surface area contributed by atoms with Crippen LogP contribution in [0.5, 0.6) is 0 Å². The van der Waals surface area contributed by atoms with Crippen molar-refractivity contribution in [3.05, 3.63) is 81.6 Å². The van der Waals surface area contributed by atoms with E-state index in [1.165, 1.54) is 4.88 Å². The van der Waals surface area contributed by atoms with Gasteiger partial charge in [0.1, 0.15) is 0 Å². The number of allylic oxidation sites excluding steroid dienone is 5. The minimum absolute atomic E-state index is 0.775. The first-order chi connectivity index (χ1) is 9.38. The molecule has 1 heterocycles. The van der Waals surface area contributed by atoms with Crippen molar-refractivity contribution in [1.82, 2.24) is 0 Å². The Bertz CT molecular complexity index is 673. The first-order valence-corrected chi connectivity index (χ1v) is 6.95. The molecule has 0 atom stereocenters. The fourth-order valence-corrected chi connectivity index (χ4v) is 2.74. The first kappa shape index (κ1) is 11.9. The quantitative estimate of drug-likeness (QED) is 0.750. The van der Waals surface area contributed by atoms with E-state index in [0.29, 0.717) is 0 Å². The van der Waals surface area contributed by atoms with E-state index < -0.39 is 0 Å². The van der Waals surface area contributed by atoms with E-state index in [1.807, 2.05) is 42.5 Å². The van der Waals surface area contributed by atoms with Crippen LogP contribution < -0.4 is 0 Å². The Morgan fingerprint density at radius 2 is 1.79 bits per heavy atom. The second-order valence-corrected chi connectivity index (χ2v) is 5.24. The molecule has 0 N–H and O–H groups in total. The van der Waals surface area contributed by atoms with Gasteiger partial charge >= 0.3 is 0 Å². The molecular weight excluding hydrogens is 252 g/mol. The second kappa shape index (κ2) is 5.21. The predicted octanol–water partition coefficient (Wildman–Crippen LogP) is 4.35. The molecule has 1 aliphatic rings. The summed E-state index contributed by atoms with van der Waals surface area (Å²) < 4.78 is 0. The number of benzene rings is 1. The zero-order valence-electron chi connectivity index (χ0n) is 10.2. The Hall–Kier alpha value is -2.19. The Morgan fingerprint density at radius 1 is 0.947 bits per heavy atom. The fourth-order valence-electron chi connectivity index (χ4n) is 2.12. The maximum Gasteiger partial charge on any atom is 0.150 e. The van der Waals surface area contributed by atoms with Gasteiger partial charge in [0, 0.05) is 10.5 Å². The Balaban J connectivity index is 1.93. The number of aldehydes is 1. The van der Waals surface area contributed by atoms with Crippen molar-refractivity contribution in [2.45, 2.75) is 0 Å². The average Bonchev–Trinajstić information content (AvgIpc) is 2.92. The van der Waals surface area contributed by atoms with Gasteiger partial charge in [-0.25, -0.2) is 0 Å². The van der Waals surface area contributed by atoms with E-state index in [2.05, 4.69) is 23.6 Å². The molecule has 1 nitrogen and oxygen atoms in total. The van der Waals surface area contributed by atoms with Gasteiger partial charge in [0.05, 0.1) is 0 Å². The number of carbonyl (C=O) groups excluding carboxylic acids is 1. The van der Waals surface area contributed by atoms with Crippen LogP contribution in [-0.2, 0) is 4.79 Å². The maximum absolute atomic E-state index is 11.0. The summed E-state index contributed by atoms with van der Waals surface area (Å²) in [5, 5.41) is 2.06. The third kappa shape index (κ3) is 2.35. The van der Waals surface area contributed by atoms with Crippen LogP contribution in [-0.4, -0.2) is 6.29 Å². The van der Waals surface area contributed by atoms with Crippen molar-refractivity contribution in [3.63, 3.8) is 0 Å². The van der Waals surface area contributed by atoms with Gasteiger partial charge in [-0.05, 0) is 40.3 Å². The highest BCUT2D eigenvalue weighted by molar-refractivity contribution is 7.10. The van der Waals surface area contributed by atoms with E-state index in [0.717, 1.165) is 28.6 Å². The highest BCUT2D eigenvalue weighted by Crippen LogP contribution is 2.35. The molecule has 0 unspecified atom stereocenters. The first-order valence-electron chi connectivity index (χ1n) is 6.07. The van der Waals surface area contributed by atoms with Gasteiger partial charge in [-0.3, -0.25) is 4.79 Å². The molecule has 0 aliphatic heterocycles. The lowest BCUT2D eigenvalue weighted by atomic mass is 9.84. The van der Waals surface area contributed by atoms with Crippen molar-refractivity contribution < 1.29 is 4.79 Å². The number of thiophene rings is 1. The molecule has 3 rings (SSSR count). The smallest absolute Gasteiger partial charge is 0.150 e. The third-order valence-corrected chi connectivity index (χ3v) is 3.89. The number of hydrogen-bond acceptors (Lipinski definition) is 2. The lowest BCUT2D eigenvalue weighted by molar-refractivity contribution is -0.104. The second-order valence-electron chi connectivity index (χ2n) is 4.26. The molecule has 2 heteroatoms. The summed E-state index contributed by atoms with van der Waals surface area (Å²) in [5.74, 6) is 0. The Morgan fingerprint density at radius 3 is 2.47 bits per heavy atom. The summed E-state index contributed by atoms with van der Waals surface area (Å²) in [5.41, 5.74) is 4.03. The maximum atomic E-state index is 11.0. The molecule has 0 amide bonds. The van der Waals surface area contributed by atoms with Crippen LogP contribution in [0.25, 0.3) is 11.6 Å². The summed E-state index contributed by atoms with van der Waals surface area (Å²) in [4.78, 5) is 12.2. The molecule has 0 spiro atoms. The Kier molecular flexibility index (Phi) is 3.25. The van der Waals surface area contributed by atoms with Crippen LogP contribution in [0.1, 0.15) is 10.4 Å². The minimum Gasteiger partial charge on any atom is -0.298 e. The van der Waals surface area contributed by atoms with Gasteiger partial charge in [0.15, 0.2) is 6.29 Å². The van der Waals surface area contributed by atoms with Crippen LogP contribution in [0, 0.1) is 0 Å². The topological polar surface area (TPSA) is 17.1 Å². The molecular formula is C17H12OS. The summed E-state index contributed by atoms with van der Waals surface area (Å²) in [6, 6.07) is 14.1. The summed E-state index contributed by atoms with van der Waals surface area (Å²) in [6.07, 6.45) is 7.01. The minimum atomic E-state index is 0.775. The molecule has 1 aromatic carbocycles. The highest BCUT2D eigenvalue weighted by Gasteiger charge is 2.18. The van der Waals surface area contributed by atoms with Gasteiger partial charge in [-0.1, -0.05) is 42.5 Å². The third-order valence-electron chi connectivity index (χ3n) is 3.05. The monoisotopic (exact) mass is 264 g/mol. The summed E-state index contributed by atoms with van der Waals surface area (Å²) in [7, 11) is 0. The lowest BCUT2D eigenvalue weighted by Gasteiger charge is -2.19. The molecule has 0 bridgehead atoms. The van der Waals surface area contributed by atoms with E-state index >= 15 is 0 Å². The van der Waals surface area contributed by atoms with Gasteiger partial charge < -0.3 is 0 Å². The normalized spacial score (nSPS) is 14.4. The zero-order chi connectivity index (χ0) is 13.1. The van der Waals surface area contributed by atoms with Crippen LogP contribution in [0.15, 0.2) is 71.1 Å². The number of carbonyl (C=O) groups is 1. The molecule has 0 radical (unpaired) electrons. The number of hydrogen-bond donors (Lipinski definition) is 0. The molecule has 19 heavy (non-hydrogen) atoms. The lowest BCUT2D eigenvalue weighted by Crippen LogP contribution is -2.03. The van der Waals surface area contributed by atoms with Crippen LogP contribution in [0.4, 0.5) is 0 Å². The molecule has 0 saturated heterocycles. The standard InChI is InChI=1S/C17H12OS/c18-12-15-11-14(8-9-16-7-4-10-19-16)17(15)13-5-2-1-3-6-13/h1-12H/b9-8+. The van der Waals surface area contributed by atoms with Crippen LogP contribution in [0.2, 0.25) is 0 Å². The molecule has 92 valence electrons. The molecule has 2 aromatic rings. The van der Waals surface area contributed by atoms with Crippen molar-refractivity contribution >= 4 is 29.3 Å². The summed E-state index contributed by atoms with van der Waals surface area (Å²) >= 11 is 1.70. The van der Waals surface area contributed by atoms with Crippen LogP contribution in [0.3, 0.4) is 0 Å². The van der Waals surface area contributed by atoms with Crippen molar-refractivity contribution in [3.8, 4) is 0 Å². The SMILES string of the molecule is O=CC1=CC(/C=C/c2cccs2)=C1c1ccccc1. The Labute approximate surface area is 116 Å². The van der Waals surface area contributed by atoms with Crippen LogP contribution >= 0.6 is 11.3 Å². The fraction of sp³-hybridized carbons (Fsp3) is 0. The van der Waals surface area contributed by atoms with Crippen molar-refractivity contribution in [1.29, 1.82) is 0 Å². The average molecular weight is 264 g/mol. The molecule has 0 fully saturated rings. The van der Waals surface area contributed by atoms with Crippen molar-refractivity contribution in [2.24, 2.45) is 0 Å². The molecule has 1 aliphatic carbocycles. The van der Waals surface area contributed by atoms with E-state index in [9.17, 15) is 4.79 Å². The molecule has 0 saturated carbocycles. The van der Waals surface area contributed by atoms with E-state index in [1.54, 1.807) is 11.3 Å². The van der Waals surface area contributed by atoms with Gasteiger partial charge in [0.25, 0.3) is 0 Å².